The van der Waals surface area contributed by atoms with Crippen LogP contribution in [0.1, 0.15) is 25.7 Å². The van der Waals surface area contributed by atoms with Gasteiger partial charge < -0.3 is 11.1 Å². The van der Waals surface area contributed by atoms with Gasteiger partial charge in [-0.1, -0.05) is 12.5 Å². The van der Waals surface area contributed by atoms with Crippen LogP contribution in [0.3, 0.4) is 0 Å². The Bertz CT molecular complexity index is 636. The highest BCUT2D eigenvalue weighted by atomic mass is 35.5. The largest absolute Gasteiger partial charge is 0.328 e. The summed E-state index contributed by atoms with van der Waals surface area (Å²) in [5.41, 5.74) is 6.78. The van der Waals surface area contributed by atoms with E-state index in [4.69, 9.17) is 5.73 Å². The molecule has 120 valence electrons. The molecule has 1 aliphatic carbocycles. The van der Waals surface area contributed by atoms with Crippen LogP contribution in [0.5, 0.6) is 0 Å². The van der Waals surface area contributed by atoms with Gasteiger partial charge in [-0.05, 0) is 42.8 Å². The van der Waals surface area contributed by atoms with Crippen LogP contribution in [0.2, 0.25) is 0 Å². The maximum atomic E-state index is 12.3. The molecule has 1 heterocycles. The van der Waals surface area contributed by atoms with Gasteiger partial charge in [-0.2, -0.15) is 0 Å². The first-order valence-corrected chi connectivity index (χ1v) is 7.12. The van der Waals surface area contributed by atoms with Crippen molar-refractivity contribution in [2.24, 2.45) is 11.7 Å². The number of nitrogens with two attached hydrogens (primary N) is 1. The molecule has 1 amide bonds. The van der Waals surface area contributed by atoms with Crippen molar-refractivity contribution in [2.75, 3.05) is 5.32 Å². The number of nitrogens with zero attached hydrogens (tertiary/aromatic N) is 1. The molecule has 2 aromatic rings. The minimum Gasteiger partial charge on any atom is -0.328 e. The van der Waals surface area contributed by atoms with Gasteiger partial charge in [0.15, 0.2) is 0 Å². The van der Waals surface area contributed by atoms with E-state index in [1.807, 2.05) is 30.5 Å². The van der Waals surface area contributed by atoms with Crippen molar-refractivity contribution in [3.8, 4) is 0 Å². The number of nitrogens with one attached hydrogen (secondary N) is 1. The molecule has 0 unspecified atom stereocenters. The Hall–Kier alpha value is -1.36. The van der Waals surface area contributed by atoms with Crippen LogP contribution in [-0.2, 0) is 4.79 Å². The molecule has 3 rings (SSSR count). The monoisotopic (exact) mass is 341 g/mol. The van der Waals surface area contributed by atoms with Crippen LogP contribution in [0, 0.1) is 5.92 Å². The molecule has 1 aliphatic rings. The molecule has 22 heavy (non-hydrogen) atoms. The number of pyridine rings is 1. The van der Waals surface area contributed by atoms with Crippen LogP contribution >= 0.6 is 24.8 Å². The Morgan fingerprint density at radius 2 is 2.00 bits per heavy atom. The van der Waals surface area contributed by atoms with E-state index in [2.05, 4.69) is 10.3 Å². The van der Waals surface area contributed by atoms with Gasteiger partial charge in [0.2, 0.25) is 5.91 Å². The van der Waals surface area contributed by atoms with E-state index in [9.17, 15) is 4.79 Å². The molecule has 1 fully saturated rings. The number of carbonyl (C=O) groups excluding carboxylic acids is 1. The number of anilines is 1. The van der Waals surface area contributed by atoms with Gasteiger partial charge in [-0.15, -0.1) is 24.8 Å². The number of hydrogen-bond acceptors (Lipinski definition) is 3. The summed E-state index contributed by atoms with van der Waals surface area (Å²) in [5, 5.41) is 5.17. The van der Waals surface area contributed by atoms with Crippen LogP contribution in [0.4, 0.5) is 5.69 Å². The third kappa shape index (κ3) is 4.32. The summed E-state index contributed by atoms with van der Waals surface area (Å²) in [6.45, 7) is 0. The van der Waals surface area contributed by atoms with E-state index in [1.165, 1.54) is 0 Å². The first-order valence-electron chi connectivity index (χ1n) is 7.12. The van der Waals surface area contributed by atoms with Crippen LogP contribution < -0.4 is 11.1 Å². The molecule has 1 saturated carbocycles. The topological polar surface area (TPSA) is 68.0 Å². The van der Waals surface area contributed by atoms with Crippen molar-refractivity contribution in [3.63, 3.8) is 0 Å². The molecule has 1 aromatic carbocycles. The van der Waals surface area contributed by atoms with Crippen LogP contribution in [0.15, 0.2) is 36.7 Å². The van der Waals surface area contributed by atoms with Crippen molar-refractivity contribution in [3.05, 3.63) is 36.7 Å². The molecule has 1 aromatic heterocycles. The van der Waals surface area contributed by atoms with Gasteiger partial charge >= 0.3 is 0 Å². The number of amides is 1. The normalized spacial score (nSPS) is 20.6. The van der Waals surface area contributed by atoms with E-state index >= 15 is 0 Å². The van der Waals surface area contributed by atoms with E-state index in [0.29, 0.717) is 0 Å². The lowest BCUT2D eigenvalue weighted by molar-refractivity contribution is -0.120. The SMILES string of the molecule is Cl.Cl.N[C@H]1CCC[C@@H](C(=O)Nc2ccc3cnccc3c2)C1. The number of halogens is 2. The first kappa shape index (κ1) is 18.7. The summed E-state index contributed by atoms with van der Waals surface area (Å²) < 4.78 is 0. The molecular weight excluding hydrogens is 321 g/mol. The van der Waals surface area contributed by atoms with Gasteiger partial charge in [0, 0.05) is 35.4 Å². The molecule has 0 spiro atoms. The fourth-order valence-electron chi connectivity index (χ4n) is 2.87. The summed E-state index contributed by atoms with van der Waals surface area (Å²) >= 11 is 0. The van der Waals surface area contributed by atoms with E-state index in [1.54, 1.807) is 6.20 Å². The Morgan fingerprint density at radius 1 is 1.18 bits per heavy atom. The van der Waals surface area contributed by atoms with Crippen LogP contribution in [-0.4, -0.2) is 16.9 Å². The third-order valence-corrected chi connectivity index (χ3v) is 3.99. The quantitative estimate of drug-likeness (QED) is 0.877. The summed E-state index contributed by atoms with van der Waals surface area (Å²) in [6.07, 6.45) is 7.39. The van der Waals surface area contributed by atoms with E-state index in [-0.39, 0.29) is 42.7 Å². The smallest absolute Gasteiger partial charge is 0.227 e. The van der Waals surface area contributed by atoms with Crippen molar-refractivity contribution >= 4 is 47.2 Å². The maximum Gasteiger partial charge on any atom is 0.227 e. The molecule has 3 N–H and O–H groups in total. The number of benzene rings is 1. The standard InChI is InChI=1S/C16H19N3O.2ClH/c17-14-3-1-2-12(8-14)16(20)19-15-5-4-13-10-18-7-6-11(13)9-15;;/h4-7,9-10,12,14H,1-3,8,17H2,(H,19,20);2*1H/t12-,14+;;/m1../s1. The highest BCUT2D eigenvalue weighted by molar-refractivity contribution is 5.95. The molecule has 0 radical (unpaired) electrons. The average molecular weight is 342 g/mol. The minimum absolute atomic E-state index is 0. The fourth-order valence-corrected chi connectivity index (χ4v) is 2.87. The zero-order valence-corrected chi connectivity index (χ0v) is 13.8. The summed E-state index contributed by atoms with van der Waals surface area (Å²) in [4.78, 5) is 16.4. The molecule has 2 atom stereocenters. The fraction of sp³-hybridized carbons (Fsp3) is 0.375. The lowest BCUT2D eigenvalue weighted by Crippen LogP contribution is -2.34. The Balaban J connectivity index is 0.00000121. The summed E-state index contributed by atoms with van der Waals surface area (Å²) in [6, 6.07) is 8.00. The van der Waals surface area contributed by atoms with Gasteiger partial charge in [0.25, 0.3) is 0 Å². The number of fused-ring (bicyclic) bond motifs is 1. The van der Waals surface area contributed by atoms with Crippen LogP contribution in [0.25, 0.3) is 10.8 Å². The number of aromatic nitrogens is 1. The van der Waals surface area contributed by atoms with Gasteiger partial charge in [0.05, 0.1) is 0 Å². The highest BCUT2D eigenvalue weighted by Crippen LogP contribution is 2.25. The summed E-state index contributed by atoms with van der Waals surface area (Å²) in [7, 11) is 0. The highest BCUT2D eigenvalue weighted by Gasteiger charge is 2.25. The molecular formula is C16H21Cl2N3O. The second-order valence-corrected chi connectivity index (χ2v) is 5.55. The number of carbonyl (C=O) groups is 1. The van der Waals surface area contributed by atoms with Crippen molar-refractivity contribution in [2.45, 2.75) is 31.7 Å². The predicted octanol–water partition coefficient (Wildman–Crippen LogP) is 3.53. The van der Waals surface area contributed by atoms with Gasteiger partial charge in [-0.3, -0.25) is 9.78 Å². The molecule has 4 nitrogen and oxygen atoms in total. The Morgan fingerprint density at radius 3 is 2.77 bits per heavy atom. The minimum atomic E-state index is 0. The van der Waals surface area contributed by atoms with Crippen molar-refractivity contribution < 1.29 is 4.79 Å². The Labute approximate surface area is 142 Å². The maximum absolute atomic E-state index is 12.3. The number of rotatable bonds is 2. The lowest BCUT2D eigenvalue weighted by Gasteiger charge is -2.25. The summed E-state index contributed by atoms with van der Waals surface area (Å²) in [5.74, 6) is 0.139. The van der Waals surface area contributed by atoms with E-state index < -0.39 is 0 Å². The van der Waals surface area contributed by atoms with E-state index in [0.717, 1.165) is 42.1 Å². The molecule has 6 heteroatoms. The zero-order chi connectivity index (χ0) is 13.9. The average Bonchev–Trinajstić information content (AvgIpc) is 2.47. The predicted molar refractivity (Wildman–Crippen MR) is 94.8 cm³/mol. The van der Waals surface area contributed by atoms with Gasteiger partial charge in [0.1, 0.15) is 0 Å². The third-order valence-electron chi connectivity index (χ3n) is 3.99. The molecule has 0 aliphatic heterocycles. The van der Waals surface area contributed by atoms with Gasteiger partial charge in [-0.25, -0.2) is 0 Å². The molecule has 0 bridgehead atoms. The Kier molecular flexibility index (Phi) is 7.07. The molecule has 0 saturated heterocycles. The van der Waals surface area contributed by atoms with Crippen molar-refractivity contribution in [1.82, 2.24) is 4.98 Å². The number of hydrogen-bond donors (Lipinski definition) is 2. The lowest BCUT2D eigenvalue weighted by atomic mass is 9.85. The first-order chi connectivity index (χ1) is 9.72. The second-order valence-electron chi connectivity index (χ2n) is 5.55. The zero-order valence-electron chi connectivity index (χ0n) is 12.2. The van der Waals surface area contributed by atoms with Crippen molar-refractivity contribution in [1.29, 1.82) is 0 Å². The second kappa shape index (κ2) is 8.32.